The predicted octanol–water partition coefficient (Wildman–Crippen LogP) is 5.09. The molecule has 2 amide bonds. The molecule has 1 aliphatic heterocycles. The minimum Gasteiger partial charge on any atom is -0.350 e. The van der Waals surface area contributed by atoms with E-state index in [-0.39, 0.29) is 24.0 Å². The van der Waals surface area contributed by atoms with E-state index in [2.05, 4.69) is 26.7 Å². The van der Waals surface area contributed by atoms with Gasteiger partial charge in [-0.3, -0.25) is 4.57 Å². The Bertz CT molecular complexity index is 1290. The number of anilines is 1. The molecule has 1 fully saturated rings. The highest BCUT2D eigenvalue weighted by atomic mass is 35.5. The van der Waals surface area contributed by atoms with Crippen molar-refractivity contribution in [3.8, 4) is 23.3 Å². The molecule has 0 bridgehead atoms. The Kier molecular flexibility index (Phi) is 7.67. The third-order valence-electron chi connectivity index (χ3n) is 5.67. The summed E-state index contributed by atoms with van der Waals surface area (Å²) in [4.78, 5) is 28.1. The van der Waals surface area contributed by atoms with Gasteiger partial charge in [-0.05, 0) is 57.9 Å². The highest BCUT2D eigenvalue weighted by Crippen LogP contribution is 2.30. The van der Waals surface area contributed by atoms with E-state index in [4.69, 9.17) is 28.2 Å². The minimum atomic E-state index is -0.299. The van der Waals surface area contributed by atoms with Crippen LogP contribution in [0.2, 0.25) is 10.0 Å². The zero-order valence-electron chi connectivity index (χ0n) is 20.4. The van der Waals surface area contributed by atoms with Crippen molar-refractivity contribution in [2.24, 2.45) is 0 Å². The van der Waals surface area contributed by atoms with E-state index in [1.807, 2.05) is 36.3 Å². The monoisotopic (exact) mass is 526 g/mol. The van der Waals surface area contributed by atoms with Crippen LogP contribution in [0.25, 0.3) is 17.2 Å². The fourth-order valence-electron chi connectivity index (χ4n) is 4.09. The first-order valence-corrected chi connectivity index (χ1v) is 12.5. The summed E-state index contributed by atoms with van der Waals surface area (Å²) in [6.07, 6.45) is 5.24. The van der Waals surface area contributed by atoms with E-state index in [0.29, 0.717) is 46.4 Å². The Morgan fingerprint density at radius 2 is 2.03 bits per heavy atom. The van der Waals surface area contributed by atoms with Crippen LogP contribution in [0.5, 0.6) is 0 Å². The molecule has 0 saturated carbocycles. The molecule has 1 atom stereocenters. The van der Waals surface area contributed by atoms with Gasteiger partial charge in [-0.1, -0.05) is 23.2 Å². The number of urea groups is 1. The van der Waals surface area contributed by atoms with Crippen LogP contribution >= 0.6 is 23.2 Å². The highest BCUT2D eigenvalue weighted by molar-refractivity contribution is 6.42. The number of hydrogen-bond donors (Lipinski definition) is 2. The first kappa shape index (κ1) is 25.7. The van der Waals surface area contributed by atoms with Gasteiger partial charge in [-0.2, -0.15) is 10.2 Å². The van der Waals surface area contributed by atoms with Crippen LogP contribution in [-0.2, 0) is 6.42 Å². The third kappa shape index (κ3) is 6.07. The van der Waals surface area contributed by atoms with Gasteiger partial charge in [0, 0.05) is 36.4 Å². The standard InChI is InChI=1S/C25H28Cl2N8O/c1-25(2,3)33-24(36)34-12-4-5-17(15-34)31-23-29-11-9-21(32-23)35-18(8-10-28)14-30-22(35)16-6-7-19(26)20(27)13-16/h6-7,9,11,13-14,17H,4-5,8,12,15H2,1-3H3,(H,33,36)(H,29,31,32)/t17-/m0/s1. The number of halogens is 2. The average molecular weight is 527 g/mol. The topological polar surface area (TPSA) is 112 Å². The number of imidazole rings is 1. The van der Waals surface area contributed by atoms with Gasteiger partial charge in [0.1, 0.15) is 11.6 Å². The predicted molar refractivity (Wildman–Crippen MR) is 140 cm³/mol. The van der Waals surface area contributed by atoms with Crippen molar-refractivity contribution >= 4 is 35.2 Å². The van der Waals surface area contributed by atoms with Crippen molar-refractivity contribution < 1.29 is 4.79 Å². The van der Waals surface area contributed by atoms with Crippen molar-refractivity contribution in [2.45, 2.75) is 51.6 Å². The third-order valence-corrected chi connectivity index (χ3v) is 6.41. The average Bonchev–Trinajstić information content (AvgIpc) is 3.24. The molecule has 1 aliphatic rings. The van der Waals surface area contributed by atoms with Crippen molar-refractivity contribution in [1.29, 1.82) is 5.26 Å². The summed E-state index contributed by atoms with van der Waals surface area (Å²) in [6, 6.07) is 9.14. The molecule has 9 nitrogen and oxygen atoms in total. The Morgan fingerprint density at radius 3 is 2.75 bits per heavy atom. The Labute approximate surface area is 220 Å². The van der Waals surface area contributed by atoms with Crippen LogP contribution in [-0.4, -0.2) is 55.1 Å². The summed E-state index contributed by atoms with van der Waals surface area (Å²) in [6.45, 7) is 7.15. The molecular weight excluding hydrogens is 499 g/mol. The van der Waals surface area contributed by atoms with E-state index in [1.165, 1.54) is 0 Å². The summed E-state index contributed by atoms with van der Waals surface area (Å²) in [5.41, 5.74) is 1.13. The number of nitriles is 1. The van der Waals surface area contributed by atoms with E-state index in [1.54, 1.807) is 30.6 Å². The number of aromatic nitrogens is 4. The maximum absolute atomic E-state index is 12.6. The second-order valence-electron chi connectivity index (χ2n) is 9.72. The number of nitrogens with zero attached hydrogens (tertiary/aromatic N) is 6. The second kappa shape index (κ2) is 10.7. The molecule has 2 aromatic heterocycles. The lowest BCUT2D eigenvalue weighted by molar-refractivity contribution is 0.174. The van der Waals surface area contributed by atoms with Gasteiger partial charge >= 0.3 is 6.03 Å². The van der Waals surface area contributed by atoms with Crippen molar-refractivity contribution in [3.05, 3.63) is 52.4 Å². The number of hydrogen-bond acceptors (Lipinski definition) is 6. The molecule has 188 valence electrons. The Hall–Kier alpha value is -3.35. The number of carbonyl (C=O) groups is 1. The molecule has 36 heavy (non-hydrogen) atoms. The lowest BCUT2D eigenvalue weighted by Crippen LogP contribution is -2.53. The summed E-state index contributed by atoms with van der Waals surface area (Å²) in [7, 11) is 0. The van der Waals surface area contributed by atoms with E-state index < -0.39 is 0 Å². The van der Waals surface area contributed by atoms with Crippen LogP contribution in [0.4, 0.5) is 10.7 Å². The van der Waals surface area contributed by atoms with Crippen molar-refractivity contribution in [1.82, 2.24) is 29.7 Å². The van der Waals surface area contributed by atoms with Gasteiger partial charge in [-0.25, -0.2) is 14.8 Å². The molecule has 4 rings (SSSR count). The molecule has 0 unspecified atom stereocenters. The van der Waals surface area contributed by atoms with Gasteiger partial charge in [0.15, 0.2) is 0 Å². The summed E-state index contributed by atoms with van der Waals surface area (Å²) < 4.78 is 1.82. The fraction of sp³-hybridized carbons (Fsp3) is 0.400. The normalized spacial score (nSPS) is 15.9. The lowest BCUT2D eigenvalue weighted by Gasteiger charge is -2.35. The maximum Gasteiger partial charge on any atom is 0.317 e. The van der Waals surface area contributed by atoms with Crippen molar-refractivity contribution in [2.75, 3.05) is 18.4 Å². The van der Waals surface area contributed by atoms with Gasteiger partial charge < -0.3 is 15.5 Å². The van der Waals surface area contributed by atoms with E-state index in [0.717, 1.165) is 18.4 Å². The van der Waals surface area contributed by atoms with Gasteiger partial charge in [0.2, 0.25) is 5.95 Å². The number of piperidine rings is 1. The van der Waals surface area contributed by atoms with Crippen LogP contribution < -0.4 is 10.6 Å². The number of carbonyl (C=O) groups excluding carboxylic acids is 1. The molecule has 11 heteroatoms. The second-order valence-corrected chi connectivity index (χ2v) is 10.5. The summed E-state index contributed by atoms with van der Waals surface area (Å²) in [5, 5.41) is 16.6. The Morgan fingerprint density at radius 1 is 1.22 bits per heavy atom. The van der Waals surface area contributed by atoms with Crippen LogP contribution in [0.3, 0.4) is 0 Å². The number of benzene rings is 1. The molecule has 2 N–H and O–H groups in total. The molecular formula is C25H28Cl2N8O. The fourth-order valence-corrected chi connectivity index (χ4v) is 4.39. The molecule has 1 saturated heterocycles. The molecule has 3 heterocycles. The maximum atomic E-state index is 12.6. The van der Waals surface area contributed by atoms with Crippen molar-refractivity contribution in [3.63, 3.8) is 0 Å². The molecule has 1 aromatic carbocycles. The Balaban J connectivity index is 1.59. The van der Waals surface area contributed by atoms with Crippen LogP contribution in [0.15, 0.2) is 36.7 Å². The lowest BCUT2D eigenvalue weighted by atomic mass is 10.1. The quantitative estimate of drug-likeness (QED) is 0.478. The van der Waals surface area contributed by atoms with Gasteiger partial charge in [0.05, 0.1) is 34.4 Å². The highest BCUT2D eigenvalue weighted by Gasteiger charge is 2.26. The molecule has 0 radical (unpaired) electrons. The van der Waals surface area contributed by atoms with E-state index in [9.17, 15) is 10.1 Å². The molecule has 0 spiro atoms. The first-order chi connectivity index (χ1) is 17.1. The molecule has 3 aromatic rings. The zero-order chi connectivity index (χ0) is 25.9. The smallest absolute Gasteiger partial charge is 0.317 e. The number of amides is 2. The van der Waals surface area contributed by atoms with E-state index >= 15 is 0 Å². The summed E-state index contributed by atoms with van der Waals surface area (Å²) in [5.74, 6) is 1.59. The van der Waals surface area contributed by atoms with Gasteiger partial charge in [-0.15, -0.1) is 0 Å². The van der Waals surface area contributed by atoms with Crippen LogP contribution in [0, 0.1) is 11.3 Å². The molecule has 0 aliphatic carbocycles. The minimum absolute atomic E-state index is 0.00984. The number of likely N-dealkylation sites (tertiary alicyclic amines) is 1. The number of rotatable bonds is 5. The summed E-state index contributed by atoms with van der Waals surface area (Å²) >= 11 is 12.3. The largest absolute Gasteiger partial charge is 0.350 e. The van der Waals surface area contributed by atoms with Gasteiger partial charge in [0.25, 0.3) is 0 Å². The zero-order valence-corrected chi connectivity index (χ0v) is 21.9. The van der Waals surface area contributed by atoms with Crippen LogP contribution in [0.1, 0.15) is 39.3 Å². The SMILES string of the molecule is CC(C)(C)NC(=O)N1CCC[C@H](Nc2nccc(-n3c(CC#N)cnc3-c3ccc(Cl)c(Cl)c3)n2)C1. The number of nitrogens with one attached hydrogen (secondary N) is 2. The first-order valence-electron chi connectivity index (χ1n) is 11.7.